The van der Waals surface area contributed by atoms with Crippen molar-refractivity contribution < 1.29 is 5.11 Å². The molecule has 1 unspecified atom stereocenters. The Kier molecular flexibility index (Phi) is 3.26. The number of rotatable bonds is 1. The third-order valence-corrected chi connectivity index (χ3v) is 2.51. The summed E-state index contributed by atoms with van der Waals surface area (Å²) in [6, 6.07) is 10.6. The summed E-state index contributed by atoms with van der Waals surface area (Å²) < 4.78 is 0. The Balaban J connectivity index is 0.000000396. The van der Waals surface area contributed by atoms with Gasteiger partial charge in [0.05, 0.1) is 0 Å². The van der Waals surface area contributed by atoms with Crippen molar-refractivity contribution in [2.75, 3.05) is 7.11 Å². The highest BCUT2D eigenvalue weighted by atomic mass is 16.2. The fourth-order valence-electron chi connectivity index (χ4n) is 1.58. The molecule has 0 bridgehead atoms. The van der Waals surface area contributed by atoms with Crippen LogP contribution in [-0.2, 0) is 0 Å². The minimum atomic E-state index is 0.734. The van der Waals surface area contributed by atoms with Crippen LogP contribution in [0.2, 0.25) is 0 Å². The fraction of sp³-hybridized carbons (Fsp3) is 0.333. The van der Waals surface area contributed by atoms with Crippen LogP contribution in [0.25, 0.3) is 5.57 Å². The molecule has 1 N–H and O–H groups in total. The van der Waals surface area contributed by atoms with Crippen LogP contribution in [0, 0.1) is 5.92 Å². The Morgan fingerprint density at radius 2 is 1.54 bits per heavy atom. The molecular weight excluding hydrogens is 160 g/mol. The van der Waals surface area contributed by atoms with Crippen molar-refractivity contribution in [3.8, 4) is 0 Å². The van der Waals surface area contributed by atoms with Gasteiger partial charge in [0.25, 0.3) is 0 Å². The molecule has 1 nitrogen and oxygen atoms in total. The maximum Gasteiger partial charge on any atom is 0.0319 e. The molecule has 0 saturated heterocycles. The van der Waals surface area contributed by atoms with Gasteiger partial charge in [-0.3, -0.25) is 0 Å². The Labute approximate surface area is 79.7 Å². The molecular formula is C12H16O. The lowest BCUT2D eigenvalue weighted by Gasteiger charge is -1.92. The highest BCUT2D eigenvalue weighted by Gasteiger charge is 2.28. The molecule has 0 saturated carbocycles. The molecule has 0 radical (unpaired) electrons. The van der Waals surface area contributed by atoms with Gasteiger partial charge in [0, 0.05) is 13.0 Å². The second-order valence-corrected chi connectivity index (χ2v) is 3.18. The number of allylic oxidation sites excluding steroid dienone is 2. The van der Waals surface area contributed by atoms with E-state index in [2.05, 4.69) is 44.2 Å². The van der Waals surface area contributed by atoms with E-state index in [-0.39, 0.29) is 0 Å². The zero-order chi connectivity index (χ0) is 9.84. The summed E-state index contributed by atoms with van der Waals surface area (Å²) >= 11 is 0. The van der Waals surface area contributed by atoms with Gasteiger partial charge in [0.1, 0.15) is 0 Å². The lowest BCUT2D eigenvalue weighted by Crippen LogP contribution is -1.74. The zero-order valence-electron chi connectivity index (χ0n) is 8.41. The molecule has 0 heterocycles. The van der Waals surface area contributed by atoms with Crippen LogP contribution in [0.3, 0.4) is 0 Å². The smallest absolute Gasteiger partial charge is 0.0319 e. The van der Waals surface area contributed by atoms with Crippen LogP contribution >= 0.6 is 0 Å². The molecule has 1 aliphatic carbocycles. The average Bonchev–Trinajstić information content (AvgIpc) is 2.80. The average molecular weight is 176 g/mol. The first kappa shape index (κ1) is 10.0. The van der Waals surface area contributed by atoms with Crippen LogP contribution in [-0.4, -0.2) is 12.2 Å². The molecule has 0 aromatic heterocycles. The molecule has 1 aromatic rings. The summed E-state index contributed by atoms with van der Waals surface area (Å²) in [6.45, 7) is 4.48. The van der Waals surface area contributed by atoms with Gasteiger partial charge < -0.3 is 5.11 Å². The van der Waals surface area contributed by atoms with Crippen LogP contribution in [0.15, 0.2) is 35.9 Å². The summed E-state index contributed by atoms with van der Waals surface area (Å²) in [5.41, 5.74) is 4.50. The van der Waals surface area contributed by atoms with E-state index < -0.39 is 0 Å². The van der Waals surface area contributed by atoms with Gasteiger partial charge in [0.15, 0.2) is 0 Å². The van der Waals surface area contributed by atoms with E-state index in [4.69, 9.17) is 5.11 Å². The van der Waals surface area contributed by atoms with Gasteiger partial charge in [-0.25, -0.2) is 0 Å². The number of hydrogen-bond acceptors (Lipinski definition) is 1. The Morgan fingerprint density at radius 1 is 1.08 bits per heavy atom. The summed E-state index contributed by atoms with van der Waals surface area (Å²) in [5, 5.41) is 7.00. The van der Waals surface area contributed by atoms with Crippen molar-refractivity contribution in [3.05, 3.63) is 41.5 Å². The van der Waals surface area contributed by atoms with Gasteiger partial charge in [-0.05, 0) is 18.1 Å². The van der Waals surface area contributed by atoms with E-state index in [1.165, 1.54) is 5.56 Å². The van der Waals surface area contributed by atoms with E-state index in [0.717, 1.165) is 13.0 Å². The first-order chi connectivity index (χ1) is 6.30. The molecule has 2 rings (SSSR count). The second-order valence-electron chi connectivity index (χ2n) is 3.18. The molecule has 1 aliphatic rings. The van der Waals surface area contributed by atoms with Gasteiger partial charge in [-0.1, -0.05) is 42.8 Å². The van der Waals surface area contributed by atoms with Crippen molar-refractivity contribution in [1.82, 2.24) is 0 Å². The lowest BCUT2D eigenvalue weighted by molar-refractivity contribution is 0.399. The van der Waals surface area contributed by atoms with E-state index in [1.807, 2.05) is 0 Å². The summed E-state index contributed by atoms with van der Waals surface area (Å²) in [7, 11) is 1.00. The topological polar surface area (TPSA) is 20.2 Å². The number of aliphatic hydroxyl groups excluding tert-OH is 1. The first-order valence-corrected chi connectivity index (χ1v) is 4.51. The molecule has 0 aliphatic heterocycles. The largest absolute Gasteiger partial charge is 0.400 e. The molecule has 13 heavy (non-hydrogen) atoms. The minimum Gasteiger partial charge on any atom is -0.400 e. The molecule has 0 fully saturated rings. The molecule has 1 aromatic carbocycles. The summed E-state index contributed by atoms with van der Waals surface area (Å²) in [5.74, 6) is 0.734. The molecule has 0 spiro atoms. The van der Waals surface area contributed by atoms with Crippen molar-refractivity contribution in [3.63, 3.8) is 0 Å². The number of aliphatic hydroxyl groups is 1. The first-order valence-electron chi connectivity index (χ1n) is 4.51. The Morgan fingerprint density at radius 3 is 1.92 bits per heavy atom. The van der Waals surface area contributed by atoms with E-state index in [1.54, 1.807) is 11.1 Å². The molecule has 70 valence electrons. The lowest BCUT2D eigenvalue weighted by atomic mass is 10.1. The monoisotopic (exact) mass is 176 g/mol. The number of hydrogen-bond donors (Lipinski definition) is 1. The van der Waals surface area contributed by atoms with Crippen molar-refractivity contribution in [1.29, 1.82) is 0 Å². The van der Waals surface area contributed by atoms with E-state index in [0.29, 0.717) is 0 Å². The van der Waals surface area contributed by atoms with Gasteiger partial charge in [-0.2, -0.15) is 0 Å². The molecule has 0 amide bonds. The van der Waals surface area contributed by atoms with E-state index in [9.17, 15) is 0 Å². The maximum atomic E-state index is 7.00. The highest BCUT2D eigenvalue weighted by molar-refractivity contribution is 5.84. The Bertz CT molecular complexity index is 298. The zero-order valence-corrected chi connectivity index (χ0v) is 8.41. The minimum absolute atomic E-state index is 0.734. The Hall–Kier alpha value is -1.08. The molecule has 1 atom stereocenters. The number of benzene rings is 1. The second kappa shape index (κ2) is 4.24. The van der Waals surface area contributed by atoms with Crippen molar-refractivity contribution in [2.24, 2.45) is 5.92 Å². The normalized spacial score (nSPS) is 19.2. The SMILES string of the molecule is CC1=C(c2ccccc2)C1C.CO. The quantitative estimate of drug-likeness (QED) is 0.697. The highest BCUT2D eigenvalue weighted by Crippen LogP contribution is 2.45. The van der Waals surface area contributed by atoms with Gasteiger partial charge in [0.2, 0.25) is 0 Å². The van der Waals surface area contributed by atoms with Crippen LogP contribution < -0.4 is 0 Å². The molecule has 1 heteroatoms. The van der Waals surface area contributed by atoms with Crippen molar-refractivity contribution >= 4 is 5.57 Å². The maximum absolute atomic E-state index is 7.00. The summed E-state index contributed by atoms with van der Waals surface area (Å²) in [6.07, 6.45) is 0. The van der Waals surface area contributed by atoms with Crippen molar-refractivity contribution in [2.45, 2.75) is 13.8 Å². The predicted octanol–water partition coefficient (Wildman–Crippen LogP) is 2.72. The summed E-state index contributed by atoms with van der Waals surface area (Å²) in [4.78, 5) is 0. The third kappa shape index (κ3) is 1.99. The van der Waals surface area contributed by atoms with Gasteiger partial charge >= 0.3 is 0 Å². The van der Waals surface area contributed by atoms with Crippen LogP contribution in [0.1, 0.15) is 19.4 Å². The standard InChI is InChI=1S/C11H12.CH4O/c1-8-9(2)11(8)10-6-4-3-5-7-10;1-2/h3-8H,1-2H3;2H,1H3. The van der Waals surface area contributed by atoms with Crippen LogP contribution in [0.4, 0.5) is 0 Å². The third-order valence-electron chi connectivity index (χ3n) is 2.51. The fourth-order valence-corrected chi connectivity index (χ4v) is 1.58. The van der Waals surface area contributed by atoms with Gasteiger partial charge in [-0.15, -0.1) is 0 Å². The van der Waals surface area contributed by atoms with Crippen LogP contribution in [0.5, 0.6) is 0 Å². The predicted molar refractivity (Wildman–Crippen MR) is 56.3 cm³/mol. The van der Waals surface area contributed by atoms with E-state index >= 15 is 0 Å².